The Hall–Kier alpha value is -2.49. The van der Waals surface area contributed by atoms with Gasteiger partial charge in [-0.2, -0.15) is 0 Å². The Morgan fingerprint density at radius 1 is 1.38 bits per heavy atom. The molecule has 0 saturated carbocycles. The smallest absolute Gasteiger partial charge is 0.334 e. The van der Waals surface area contributed by atoms with E-state index in [-0.39, 0.29) is 0 Å². The SMILES string of the molecule is C=C1C=CO[C@@H]1OC(=O)/C=C(\C)CC/C=C(\C)Cc1cc(C)co1. The summed E-state index contributed by atoms with van der Waals surface area (Å²) in [6.07, 6.45) is 10.4. The summed E-state index contributed by atoms with van der Waals surface area (Å²) in [5.41, 5.74) is 4.00. The number of hydrogen-bond donors (Lipinski definition) is 0. The number of ether oxygens (including phenoxy) is 2. The fourth-order valence-electron chi connectivity index (χ4n) is 2.36. The molecule has 0 aliphatic carbocycles. The summed E-state index contributed by atoms with van der Waals surface area (Å²) >= 11 is 0. The van der Waals surface area contributed by atoms with Gasteiger partial charge in [0.1, 0.15) is 5.76 Å². The standard InChI is InChI=1S/C20H24O4/c1-14(10-18-11-16(3)13-23-18)6-5-7-15(2)12-19(21)24-20-17(4)8-9-22-20/h6,8-9,11-13,20H,4-5,7,10H2,1-3H3/b14-6+,15-12+/t20-/m1/s1. The van der Waals surface area contributed by atoms with Gasteiger partial charge in [-0.15, -0.1) is 0 Å². The molecule has 4 nitrogen and oxygen atoms in total. The molecular weight excluding hydrogens is 304 g/mol. The summed E-state index contributed by atoms with van der Waals surface area (Å²) in [5, 5.41) is 0. The molecule has 1 aliphatic rings. The van der Waals surface area contributed by atoms with Crippen molar-refractivity contribution in [2.75, 3.05) is 0 Å². The molecule has 128 valence electrons. The van der Waals surface area contributed by atoms with Crippen LogP contribution in [0.4, 0.5) is 0 Å². The van der Waals surface area contributed by atoms with Gasteiger partial charge in [-0.1, -0.05) is 23.8 Å². The van der Waals surface area contributed by atoms with Crippen molar-refractivity contribution in [3.05, 3.63) is 71.4 Å². The van der Waals surface area contributed by atoms with Gasteiger partial charge in [-0.05, 0) is 51.3 Å². The van der Waals surface area contributed by atoms with Gasteiger partial charge in [0.25, 0.3) is 6.29 Å². The lowest BCUT2D eigenvalue weighted by atomic mass is 10.1. The van der Waals surface area contributed by atoms with Gasteiger partial charge in [0.2, 0.25) is 0 Å². The van der Waals surface area contributed by atoms with Crippen molar-refractivity contribution in [3.8, 4) is 0 Å². The lowest BCUT2D eigenvalue weighted by Gasteiger charge is -2.11. The molecular formula is C20H24O4. The molecule has 0 spiro atoms. The number of furan rings is 1. The third-order valence-corrected chi connectivity index (χ3v) is 3.64. The topological polar surface area (TPSA) is 48.7 Å². The highest BCUT2D eigenvalue weighted by Crippen LogP contribution is 2.17. The highest BCUT2D eigenvalue weighted by Gasteiger charge is 2.19. The third kappa shape index (κ3) is 5.61. The predicted octanol–water partition coefficient (Wildman–Crippen LogP) is 4.77. The number of carbonyl (C=O) groups is 1. The summed E-state index contributed by atoms with van der Waals surface area (Å²) in [7, 11) is 0. The number of aryl methyl sites for hydroxylation is 1. The normalized spacial score (nSPS) is 18.0. The zero-order chi connectivity index (χ0) is 17.5. The average Bonchev–Trinajstić information content (AvgIpc) is 3.08. The Morgan fingerprint density at radius 2 is 2.17 bits per heavy atom. The van der Waals surface area contributed by atoms with Crippen LogP contribution in [0.2, 0.25) is 0 Å². The molecule has 0 N–H and O–H groups in total. The van der Waals surface area contributed by atoms with Crippen LogP contribution in [0.5, 0.6) is 0 Å². The Labute approximate surface area is 143 Å². The second kappa shape index (κ2) is 8.39. The summed E-state index contributed by atoms with van der Waals surface area (Å²) < 4.78 is 15.7. The number of hydrogen-bond acceptors (Lipinski definition) is 4. The van der Waals surface area contributed by atoms with Gasteiger partial charge in [-0.3, -0.25) is 0 Å². The van der Waals surface area contributed by atoms with Crippen molar-refractivity contribution in [2.45, 2.75) is 46.3 Å². The number of esters is 1. The van der Waals surface area contributed by atoms with Crippen LogP contribution in [-0.2, 0) is 20.7 Å². The van der Waals surface area contributed by atoms with Crippen LogP contribution < -0.4 is 0 Å². The molecule has 2 rings (SSSR count). The number of carbonyl (C=O) groups excluding carboxylic acids is 1. The van der Waals surface area contributed by atoms with E-state index in [9.17, 15) is 4.79 Å². The van der Waals surface area contributed by atoms with Crippen LogP contribution in [0.1, 0.15) is 38.0 Å². The van der Waals surface area contributed by atoms with Crippen LogP contribution in [0.15, 0.2) is 64.5 Å². The van der Waals surface area contributed by atoms with E-state index in [1.807, 2.05) is 19.9 Å². The molecule has 1 aromatic heterocycles. The quantitative estimate of drug-likeness (QED) is 0.411. The minimum absolute atomic E-state index is 0.408. The van der Waals surface area contributed by atoms with E-state index in [2.05, 4.69) is 19.6 Å². The molecule has 0 saturated heterocycles. The Bertz CT molecular complexity index is 688. The predicted molar refractivity (Wildman–Crippen MR) is 93.1 cm³/mol. The van der Waals surface area contributed by atoms with Crippen molar-refractivity contribution in [1.82, 2.24) is 0 Å². The van der Waals surface area contributed by atoms with E-state index in [0.29, 0.717) is 5.57 Å². The lowest BCUT2D eigenvalue weighted by molar-refractivity contribution is -0.155. The van der Waals surface area contributed by atoms with Gasteiger partial charge < -0.3 is 13.9 Å². The first kappa shape index (κ1) is 17.9. The van der Waals surface area contributed by atoms with Crippen LogP contribution in [0, 0.1) is 6.92 Å². The Morgan fingerprint density at radius 3 is 2.79 bits per heavy atom. The van der Waals surface area contributed by atoms with Crippen LogP contribution in [0.3, 0.4) is 0 Å². The molecule has 4 heteroatoms. The van der Waals surface area contributed by atoms with Crippen molar-refractivity contribution < 1.29 is 18.7 Å². The van der Waals surface area contributed by atoms with E-state index >= 15 is 0 Å². The summed E-state index contributed by atoms with van der Waals surface area (Å²) in [6, 6.07) is 2.05. The van der Waals surface area contributed by atoms with E-state index in [4.69, 9.17) is 13.9 Å². The van der Waals surface area contributed by atoms with Crippen molar-refractivity contribution in [1.29, 1.82) is 0 Å². The fraction of sp³-hybridized carbons (Fsp3) is 0.350. The highest BCUT2D eigenvalue weighted by molar-refractivity contribution is 5.83. The number of allylic oxidation sites excluding steroid dienone is 3. The Kier molecular flexibility index (Phi) is 6.24. The summed E-state index contributed by atoms with van der Waals surface area (Å²) in [5.74, 6) is 0.566. The first-order valence-corrected chi connectivity index (χ1v) is 8.02. The maximum atomic E-state index is 11.8. The average molecular weight is 328 g/mol. The number of rotatable bonds is 7. The first-order valence-electron chi connectivity index (χ1n) is 8.02. The molecule has 0 bridgehead atoms. The molecule has 1 atom stereocenters. The summed E-state index contributed by atoms with van der Waals surface area (Å²) in [4.78, 5) is 11.8. The van der Waals surface area contributed by atoms with E-state index in [0.717, 1.165) is 36.2 Å². The highest BCUT2D eigenvalue weighted by atomic mass is 16.7. The molecule has 0 unspecified atom stereocenters. The largest absolute Gasteiger partial charge is 0.469 e. The second-order valence-corrected chi connectivity index (χ2v) is 6.13. The maximum absolute atomic E-state index is 11.8. The molecule has 0 fully saturated rings. The molecule has 1 aliphatic heterocycles. The van der Waals surface area contributed by atoms with Gasteiger partial charge in [-0.25, -0.2) is 4.79 Å². The van der Waals surface area contributed by atoms with Gasteiger partial charge in [0, 0.05) is 18.1 Å². The Balaban J connectivity index is 1.74. The maximum Gasteiger partial charge on any atom is 0.334 e. The first-order chi connectivity index (χ1) is 11.4. The zero-order valence-electron chi connectivity index (χ0n) is 14.5. The van der Waals surface area contributed by atoms with E-state index in [1.165, 1.54) is 17.9 Å². The van der Waals surface area contributed by atoms with Gasteiger partial charge >= 0.3 is 5.97 Å². The van der Waals surface area contributed by atoms with E-state index in [1.54, 1.807) is 12.3 Å². The molecule has 1 aromatic rings. The summed E-state index contributed by atoms with van der Waals surface area (Å²) in [6.45, 7) is 9.77. The van der Waals surface area contributed by atoms with Crippen molar-refractivity contribution >= 4 is 5.97 Å². The lowest BCUT2D eigenvalue weighted by Crippen LogP contribution is -2.16. The fourth-order valence-corrected chi connectivity index (χ4v) is 2.36. The van der Waals surface area contributed by atoms with Crippen LogP contribution in [0.25, 0.3) is 0 Å². The van der Waals surface area contributed by atoms with Crippen molar-refractivity contribution in [2.24, 2.45) is 0 Å². The van der Waals surface area contributed by atoms with Gasteiger partial charge in [0.05, 0.1) is 12.5 Å². The molecule has 2 heterocycles. The monoisotopic (exact) mass is 328 g/mol. The molecule has 24 heavy (non-hydrogen) atoms. The van der Waals surface area contributed by atoms with Crippen molar-refractivity contribution in [3.63, 3.8) is 0 Å². The minimum atomic E-state index is -0.694. The van der Waals surface area contributed by atoms with E-state index < -0.39 is 12.3 Å². The van der Waals surface area contributed by atoms with Crippen LogP contribution in [-0.4, -0.2) is 12.3 Å². The van der Waals surface area contributed by atoms with Gasteiger partial charge in [0.15, 0.2) is 0 Å². The molecule has 0 radical (unpaired) electrons. The minimum Gasteiger partial charge on any atom is -0.469 e. The second-order valence-electron chi connectivity index (χ2n) is 6.13. The molecule has 0 amide bonds. The molecule has 0 aromatic carbocycles. The third-order valence-electron chi connectivity index (χ3n) is 3.64. The zero-order valence-corrected chi connectivity index (χ0v) is 14.5. The van der Waals surface area contributed by atoms with Crippen LogP contribution >= 0.6 is 0 Å².